The molecule has 0 radical (unpaired) electrons. The van der Waals surface area contributed by atoms with Crippen molar-refractivity contribution in [3.63, 3.8) is 0 Å². The Labute approximate surface area is 98.1 Å². The van der Waals surface area contributed by atoms with Crippen molar-refractivity contribution in [1.82, 2.24) is 9.62 Å². The molecule has 88 valence electrons. The molecule has 0 aromatic carbocycles. The molecular formula is C9H12N2O3S2. The molecule has 1 aromatic heterocycles. The minimum atomic E-state index is -3.41. The summed E-state index contributed by atoms with van der Waals surface area (Å²) in [5.41, 5.74) is 0. The average Bonchev–Trinajstić information content (AvgIpc) is 2.68. The van der Waals surface area contributed by atoms with Gasteiger partial charge in [0.1, 0.15) is 4.21 Å². The fraction of sp³-hybridized carbons (Fsp3) is 0.444. The second-order valence-electron chi connectivity index (χ2n) is 3.44. The van der Waals surface area contributed by atoms with Crippen molar-refractivity contribution in [3.05, 3.63) is 17.5 Å². The molecule has 1 saturated heterocycles. The summed E-state index contributed by atoms with van der Waals surface area (Å²) in [7, 11) is -3.41. The van der Waals surface area contributed by atoms with E-state index in [1.54, 1.807) is 17.5 Å². The van der Waals surface area contributed by atoms with Gasteiger partial charge in [-0.25, -0.2) is 8.42 Å². The van der Waals surface area contributed by atoms with Crippen molar-refractivity contribution < 1.29 is 13.2 Å². The second kappa shape index (κ2) is 4.52. The Balaban J connectivity index is 2.21. The summed E-state index contributed by atoms with van der Waals surface area (Å²) in [6.45, 7) is 0.974. The van der Waals surface area contributed by atoms with Crippen molar-refractivity contribution in [3.8, 4) is 0 Å². The highest BCUT2D eigenvalue weighted by Crippen LogP contribution is 2.21. The average molecular weight is 260 g/mol. The molecule has 0 saturated carbocycles. The monoisotopic (exact) mass is 260 g/mol. The molecule has 1 aliphatic heterocycles. The van der Waals surface area contributed by atoms with Crippen LogP contribution in [0.5, 0.6) is 0 Å². The molecular weight excluding hydrogens is 248 g/mol. The van der Waals surface area contributed by atoms with Gasteiger partial charge in [-0.1, -0.05) is 6.07 Å². The van der Waals surface area contributed by atoms with Crippen molar-refractivity contribution in [1.29, 1.82) is 0 Å². The van der Waals surface area contributed by atoms with Gasteiger partial charge in [0.15, 0.2) is 0 Å². The lowest BCUT2D eigenvalue weighted by Crippen LogP contribution is -2.33. The third kappa shape index (κ3) is 2.26. The normalized spacial score (nSPS) is 19.1. The number of nitrogens with one attached hydrogen (secondary N) is 1. The summed E-state index contributed by atoms with van der Waals surface area (Å²) >= 11 is 1.20. The Hall–Kier alpha value is -0.920. The van der Waals surface area contributed by atoms with Crippen LogP contribution in [0.25, 0.3) is 0 Å². The summed E-state index contributed by atoms with van der Waals surface area (Å²) in [5.74, 6) is -0.0936. The fourth-order valence-corrected chi connectivity index (χ4v) is 4.11. The minimum absolute atomic E-state index is 0.0936. The van der Waals surface area contributed by atoms with Crippen molar-refractivity contribution >= 4 is 27.3 Å². The predicted molar refractivity (Wildman–Crippen MR) is 60.7 cm³/mol. The first-order valence-electron chi connectivity index (χ1n) is 4.91. The largest absolute Gasteiger partial charge is 0.355 e. The lowest BCUT2D eigenvalue weighted by Gasteiger charge is -2.17. The van der Waals surface area contributed by atoms with Gasteiger partial charge in [-0.15, -0.1) is 11.3 Å². The number of sulfonamides is 1. The van der Waals surface area contributed by atoms with Gasteiger partial charge in [-0.05, 0) is 11.4 Å². The smallest absolute Gasteiger partial charge is 0.252 e. The van der Waals surface area contributed by atoms with Gasteiger partial charge in [0, 0.05) is 26.1 Å². The summed E-state index contributed by atoms with van der Waals surface area (Å²) < 4.78 is 25.9. The summed E-state index contributed by atoms with van der Waals surface area (Å²) in [5, 5.41) is 4.38. The molecule has 5 nitrogen and oxygen atoms in total. The highest BCUT2D eigenvalue weighted by atomic mass is 32.2. The summed E-state index contributed by atoms with van der Waals surface area (Å²) in [6, 6.07) is 3.29. The van der Waals surface area contributed by atoms with Crippen LogP contribution in [-0.4, -0.2) is 38.3 Å². The summed E-state index contributed by atoms with van der Waals surface area (Å²) in [6.07, 6.45) is 0.227. The SMILES string of the molecule is O=C1CCN(S(=O)(=O)c2cccs2)CCN1. The number of nitrogens with zero attached hydrogens (tertiary/aromatic N) is 1. The van der Waals surface area contributed by atoms with Gasteiger partial charge in [0.05, 0.1) is 0 Å². The van der Waals surface area contributed by atoms with Crippen LogP contribution >= 0.6 is 11.3 Å². The number of hydrogen-bond donors (Lipinski definition) is 1. The zero-order chi connectivity index (χ0) is 11.6. The van der Waals surface area contributed by atoms with Gasteiger partial charge in [0.2, 0.25) is 5.91 Å². The lowest BCUT2D eigenvalue weighted by atomic mass is 10.4. The van der Waals surface area contributed by atoms with E-state index in [0.717, 1.165) is 0 Å². The Morgan fingerprint density at radius 1 is 1.38 bits per heavy atom. The van der Waals surface area contributed by atoms with E-state index in [9.17, 15) is 13.2 Å². The van der Waals surface area contributed by atoms with Crippen LogP contribution in [0.3, 0.4) is 0 Å². The Morgan fingerprint density at radius 2 is 2.19 bits per heavy atom. The van der Waals surface area contributed by atoms with E-state index in [1.165, 1.54) is 15.6 Å². The summed E-state index contributed by atoms with van der Waals surface area (Å²) in [4.78, 5) is 11.1. The molecule has 1 N–H and O–H groups in total. The molecule has 0 spiro atoms. The molecule has 1 fully saturated rings. The highest BCUT2D eigenvalue weighted by Gasteiger charge is 2.27. The molecule has 0 unspecified atom stereocenters. The standard InChI is InChI=1S/C9H12N2O3S2/c12-8-3-5-11(6-4-10-8)16(13,14)9-2-1-7-15-9/h1-2,7H,3-6H2,(H,10,12). The van der Waals surface area contributed by atoms with Gasteiger partial charge < -0.3 is 5.32 Å². The number of rotatable bonds is 2. The molecule has 0 atom stereocenters. The number of thiophene rings is 1. The van der Waals surface area contributed by atoms with Crippen LogP contribution in [0.15, 0.2) is 21.7 Å². The number of carbonyl (C=O) groups excluding carboxylic acids is 1. The molecule has 0 aliphatic carbocycles. The highest BCUT2D eigenvalue weighted by molar-refractivity contribution is 7.91. The first kappa shape index (κ1) is 11.6. The van der Waals surface area contributed by atoms with Gasteiger partial charge >= 0.3 is 0 Å². The van der Waals surface area contributed by atoms with E-state index in [0.29, 0.717) is 17.3 Å². The van der Waals surface area contributed by atoms with E-state index in [-0.39, 0.29) is 18.9 Å². The predicted octanol–water partition coefficient (Wildman–Crippen LogP) is 0.259. The molecule has 1 amide bonds. The van der Waals surface area contributed by atoms with Crippen molar-refractivity contribution in [2.24, 2.45) is 0 Å². The van der Waals surface area contributed by atoms with E-state index < -0.39 is 10.0 Å². The molecule has 16 heavy (non-hydrogen) atoms. The van der Waals surface area contributed by atoms with Gasteiger partial charge in [-0.2, -0.15) is 4.31 Å². The van der Waals surface area contributed by atoms with Gasteiger partial charge in [-0.3, -0.25) is 4.79 Å². The van der Waals surface area contributed by atoms with Gasteiger partial charge in [0.25, 0.3) is 10.0 Å². The number of carbonyl (C=O) groups is 1. The molecule has 7 heteroatoms. The third-order valence-corrected chi connectivity index (χ3v) is 5.63. The number of amides is 1. The second-order valence-corrected chi connectivity index (χ2v) is 6.55. The van der Waals surface area contributed by atoms with Crippen LogP contribution in [0.1, 0.15) is 6.42 Å². The van der Waals surface area contributed by atoms with Crippen LogP contribution in [-0.2, 0) is 14.8 Å². The van der Waals surface area contributed by atoms with Crippen molar-refractivity contribution in [2.45, 2.75) is 10.6 Å². The topological polar surface area (TPSA) is 66.5 Å². The minimum Gasteiger partial charge on any atom is -0.355 e. The first-order valence-corrected chi connectivity index (χ1v) is 7.23. The molecule has 1 aliphatic rings. The van der Waals surface area contributed by atoms with Crippen LogP contribution in [0.4, 0.5) is 0 Å². The van der Waals surface area contributed by atoms with E-state index in [1.807, 2.05) is 0 Å². The Morgan fingerprint density at radius 3 is 2.88 bits per heavy atom. The molecule has 1 aromatic rings. The lowest BCUT2D eigenvalue weighted by molar-refractivity contribution is -0.120. The molecule has 2 rings (SSSR count). The van der Waals surface area contributed by atoms with E-state index >= 15 is 0 Å². The van der Waals surface area contributed by atoms with Crippen LogP contribution in [0.2, 0.25) is 0 Å². The van der Waals surface area contributed by atoms with E-state index in [2.05, 4.69) is 5.32 Å². The molecule has 0 bridgehead atoms. The molecule has 2 heterocycles. The maximum atomic E-state index is 12.1. The third-order valence-electron chi connectivity index (χ3n) is 2.36. The maximum absolute atomic E-state index is 12.1. The fourth-order valence-electron chi connectivity index (χ4n) is 1.52. The zero-order valence-electron chi connectivity index (χ0n) is 8.55. The van der Waals surface area contributed by atoms with Crippen LogP contribution < -0.4 is 5.32 Å². The Bertz CT molecular complexity index is 467. The van der Waals surface area contributed by atoms with Crippen molar-refractivity contribution in [2.75, 3.05) is 19.6 Å². The maximum Gasteiger partial charge on any atom is 0.252 e. The van der Waals surface area contributed by atoms with E-state index in [4.69, 9.17) is 0 Å². The first-order chi connectivity index (χ1) is 7.60. The number of hydrogen-bond acceptors (Lipinski definition) is 4. The quantitative estimate of drug-likeness (QED) is 0.829. The van der Waals surface area contributed by atoms with Crippen LogP contribution in [0, 0.1) is 0 Å². The zero-order valence-corrected chi connectivity index (χ0v) is 10.2. The Kier molecular flexibility index (Phi) is 3.27.